The Morgan fingerprint density at radius 3 is 2.57 bits per heavy atom. The van der Waals surface area contributed by atoms with Crippen molar-refractivity contribution in [3.05, 3.63) is 51.5 Å². The number of nitrogens with two attached hydrogens (primary N) is 1. The Labute approximate surface area is 135 Å². The van der Waals surface area contributed by atoms with E-state index in [9.17, 15) is 13.5 Å². The molecule has 0 heterocycles. The third-order valence-electron chi connectivity index (χ3n) is 2.82. The molecule has 0 unspecified atom stereocenters. The standard InChI is InChI=1S/C13H12BrClN2O3S/c14-10-6-8(21(16,19)20)4-5-12(10)17-7-9-11(15)2-1-3-13(9)18/h1-6,17-18H,7H2,(H2,16,19,20). The number of primary sulfonamides is 1. The summed E-state index contributed by atoms with van der Waals surface area (Å²) < 4.78 is 23.0. The second-order valence-electron chi connectivity index (χ2n) is 4.28. The molecule has 0 atom stereocenters. The summed E-state index contributed by atoms with van der Waals surface area (Å²) in [6, 6.07) is 9.26. The Bertz CT molecular complexity index is 761. The molecule has 2 aromatic carbocycles. The maximum atomic E-state index is 11.3. The van der Waals surface area contributed by atoms with Gasteiger partial charge in [0.15, 0.2) is 0 Å². The van der Waals surface area contributed by atoms with Gasteiger partial charge in [-0.15, -0.1) is 0 Å². The number of sulfonamides is 1. The summed E-state index contributed by atoms with van der Waals surface area (Å²) in [6.07, 6.45) is 0. The van der Waals surface area contributed by atoms with E-state index >= 15 is 0 Å². The zero-order valence-corrected chi connectivity index (χ0v) is 13.8. The summed E-state index contributed by atoms with van der Waals surface area (Å²) in [6.45, 7) is 0.291. The van der Waals surface area contributed by atoms with Crippen LogP contribution in [0.25, 0.3) is 0 Å². The molecule has 8 heteroatoms. The lowest BCUT2D eigenvalue weighted by Gasteiger charge is -2.12. The van der Waals surface area contributed by atoms with Crippen LogP contribution >= 0.6 is 27.5 Å². The molecule has 21 heavy (non-hydrogen) atoms. The predicted octanol–water partition coefficient (Wildman–Crippen LogP) is 3.07. The highest BCUT2D eigenvalue weighted by molar-refractivity contribution is 9.10. The first-order chi connectivity index (χ1) is 9.79. The molecule has 0 saturated carbocycles. The van der Waals surface area contributed by atoms with Gasteiger partial charge >= 0.3 is 0 Å². The van der Waals surface area contributed by atoms with Gasteiger partial charge in [0.25, 0.3) is 0 Å². The molecule has 0 saturated heterocycles. The van der Waals surface area contributed by atoms with Gasteiger partial charge in [-0.2, -0.15) is 0 Å². The summed E-state index contributed by atoms with van der Waals surface area (Å²) in [5, 5.41) is 18.3. The van der Waals surface area contributed by atoms with E-state index in [2.05, 4.69) is 21.2 Å². The molecule has 5 nitrogen and oxygen atoms in total. The minimum atomic E-state index is -3.74. The first-order valence-corrected chi connectivity index (χ1v) is 8.53. The molecule has 2 aromatic rings. The fraction of sp³-hybridized carbons (Fsp3) is 0.0769. The molecule has 0 aliphatic rings. The summed E-state index contributed by atoms with van der Waals surface area (Å²) in [5.41, 5.74) is 1.21. The highest BCUT2D eigenvalue weighted by atomic mass is 79.9. The number of nitrogens with one attached hydrogen (secondary N) is 1. The largest absolute Gasteiger partial charge is 0.508 e. The van der Waals surface area contributed by atoms with Crippen LogP contribution < -0.4 is 10.5 Å². The van der Waals surface area contributed by atoms with Crippen molar-refractivity contribution in [2.24, 2.45) is 5.14 Å². The molecule has 0 spiro atoms. The Balaban J connectivity index is 2.22. The fourth-order valence-electron chi connectivity index (χ4n) is 1.72. The van der Waals surface area contributed by atoms with Crippen LogP contribution in [0.15, 0.2) is 45.8 Å². The molecule has 0 bridgehead atoms. The van der Waals surface area contributed by atoms with Crippen molar-refractivity contribution >= 4 is 43.2 Å². The van der Waals surface area contributed by atoms with Crippen LogP contribution in [0.3, 0.4) is 0 Å². The summed E-state index contributed by atoms with van der Waals surface area (Å²) in [4.78, 5) is 0.0144. The van der Waals surface area contributed by atoms with Crippen LogP contribution in [-0.4, -0.2) is 13.5 Å². The predicted molar refractivity (Wildman–Crippen MR) is 86.0 cm³/mol. The van der Waals surface area contributed by atoms with E-state index in [0.29, 0.717) is 27.3 Å². The highest BCUT2D eigenvalue weighted by Crippen LogP contribution is 2.29. The van der Waals surface area contributed by atoms with Crippen molar-refractivity contribution in [1.29, 1.82) is 0 Å². The second kappa shape index (κ2) is 6.23. The van der Waals surface area contributed by atoms with Crippen molar-refractivity contribution in [1.82, 2.24) is 0 Å². The van der Waals surface area contributed by atoms with Gasteiger partial charge in [-0.1, -0.05) is 17.7 Å². The summed E-state index contributed by atoms with van der Waals surface area (Å²) >= 11 is 9.29. The lowest BCUT2D eigenvalue weighted by Crippen LogP contribution is -2.12. The lowest BCUT2D eigenvalue weighted by atomic mass is 10.2. The molecule has 112 valence electrons. The minimum Gasteiger partial charge on any atom is -0.508 e. The first-order valence-electron chi connectivity index (χ1n) is 5.81. The van der Waals surface area contributed by atoms with Crippen LogP contribution in [0.2, 0.25) is 5.02 Å². The number of phenols is 1. The van der Waals surface area contributed by atoms with E-state index in [4.69, 9.17) is 16.7 Å². The van der Waals surface area contributed by atoms with Crippen LogP contribution in [0.4, 0.5) is 5.69 Å². The van der Waals surface area contributed by atoms with E-state index in [1.54, 1.807) is 24.3 Å². The van der Waals surface area contributed by atoms with Crippen molar-refractivity contribution in [2.45, 2.75) is 11.4 Å². The first kappa shape index (κ1) is 16.1. The van der Waals surface area contributed by atoms with Gasteiger partial charge in [0.2, 0.25) is 10.0 Å². The van der Waals surface area contributed by atoms with E-state index in [1.807, 2.05) is 0 Å². The topological polar surface area (TPSA) is 92.4 Å². The third-order valence-corrected chi connectivity index (χ3v) is 4.74. The average Bonchev–Trinajstić information content (AvgIpc) is 2.38. The van der Waals surface area contributed by atoms with E-state index < -0.39 is 10.0 Å². The molecular weight excluding hydrogens is 380 g/mol. The average molecular weight is 392 g/mol. The molecular formula is C13H12BrClN2O3S. The van der Waals surface area contributed by atoms with Crippen molar-refractivity contribution in [2.75, 3.05) is 5.32 Å². The minimum absolute atomic E-state index is 0.0144. The molecule has 0 aliphatic heterocycles. The number of phenolic OH excluding ortho intramolecular Hbond substituents is 1. The molecule has 0 fully saturated rings. The van der Waals surface area contributed by atoms with Gasteiger partial charge < -0.3 is 10.4 Å². The second-order valence-corrected chi connectivity index (χ2v) is 7.10. The lowest BCUT2D eigenvalue weighted by molar-refractivity contribution is 0.469. The van der Waals surface area contributed by atoms with Crippen LogP contribution in [0, 0.1) is 0 Å². The maximum Gasteiger partial charge on any atom is 0.238 e. The molecule has 2 rings (SSSR count). The zero-order valence-electron chi connectivity index (χ0n) is 10.7. The number of halogens is 2. The molecule has 0 aromatic heterocycles. The van der Waals surface area contributed by atoms with Crippen molar-refractivity contribution < 1.29 is 13.5 Å². The van der Waals surface area contributed by atoms with Gasteiger partial charge in [-0.3, -0.25) is 0 Å². The number of hydrogen-bond acceptors (Lipinski definition) is 4. The number of benzene rings is 2. The van der Waals surface area contributed by atoms with Gasteiger partial charge in [0, 0.05) is 27.3 Å². The van der Waals surface area contributed by atoms with Crippen LogP contribution in [-0.2, 0) is 16.6 Å². The van der Waals surface area contributed by atoms with Crippen LogP contribution in [0.5, 0.6) is 5.75 Å². The number of anilines is 1. The zero-order chi connectivity index (χ0) is 15.6. The smallest absolute Gasteiger partial charge is 0.238 e. The SMILES string of the molecule is NS(=O)(=O)c1ccc(NCc2c(O)cccc2Cl)c(Br)c1. The number of rotatable bonds is 4. The quantitative estimate of drug-likeness (QED) is 0.747. The maximum absolute atomic E-state index is 11.3. The van der Waals surface area contributed by atoms with Gasteiger partial charge in [0.1, 0.15) is 5.75 Å². The molecule has 0 aliphatic carbocycles. The normalized spacial score (nSPS) is 11.4. The molecule has 0 radical (unpaired) electrons. The van der Waals surface area contributed by atoms with E-state index in [1.165, 1.54) is 12.1 Å². The highest BCUT2D eigenvalue weighted by Gasteiger charge is 2.11. The number of hydrogen-bond donors (Lipinski definition) is 3. The Hall–Kier alpha value is -1.28. The van der Waals surface area contributed by atoms with Gasteiger partial charge in [0.05, 0.1) is 4.90 Å². The Kier molecular flexibility index (Phi) is 4.77. The van der Waals surface area contributed by atoms with E-state index in [0.717, 1.165) is 0 Å². The van der Waals surface area contributed by atoms with Crippen molar-refractivity contribution in [3.8, 4) is 5.75 Å². The van der Waals surface area contributed by atoms with Gasteiger partial charge in [-0.25, -0.2) is 13.6 Å². The van der Waals surface area contributed by atoms with Crippen molar-refractivity contribution in [3.63, 3.8) is 0 Å². The van der Waals surface area contributed by atoms with E-state index in [-0.39, 0.29) is 10.6 Å². The monoisotopic (exact) mass is 390 g/mol. The fourth-order valence-corrected chi connectivity index (χ4v) is 3.17. The Morgan fingerprint density at radius 2 is 2.00 bits per heavy atom. The number of aromatic hydroxyl groups is 1. The summed E-state index contributed by atoms with van der Waals surface area (Å²) in [7, 11) is -3.74. The Morgan fingerprint density at radius 1 is 1.29 bits per heavy atom. The molecule has 4 N–H and O–H groups in total. The third kappa shape index (κ3) is 3.88. The van der Waals surface area contributed by atoms with Crippen LogP contribution in [0.1, 0.15) is 5.56 Å². The van der Waals surface area contributed by atoms with Gasteiger partial charge in [-0.05, 0) is 46.3 Å². The molecule has 0 amide bonds. The summed E-state index contributed by atoms with van der Waals surface area (Å²) in [5.74, 6) is 0.0901.